The van der Waals surface area contributed by atoms with Crippen LogP contribution < -0.4 is 10.2 Å². The van der Waals surface area contributed by atoms with Crippen LogP contribution in [-0.4, -0.2) is 22.4 Å². The third kappa shape index (κ3) is 4.42. The Balaban J connectivity index is 1.65. The highest BCUT2D eigenvalue weighted by Gasteiger charge is 2.36. The highest BCUT2D eigenvalue weighted by atomic mass is 32.2. The van der Waals surface area contributed by atoms with E-state index in [1.165, 1.54) is 35.2 Å². The molecule has 0 saturated carbocycles. The molecule has 6 nitrogen and oxygen atoms in total. The molecule has 3 aromatic carbocycles. The van der Waals surface area contributed by atoms with Crippen LogP contribution in [0.2, 0.25) is 0 Å². The van der Waals surface area contributed by atoms with E-state index in [0.717, 1.165) is 10.5 Å². The molecule has 0 bridgehead atoms. The van der Waals surface area contributed by atoms with Gasteiger partial charge in [0.2, 0.25) is 5.82 Å². The highest BCUT2D eigenvalue weighted by Crippen LogP contribution is 2.39. The lowest BCUT2D eigenvalue weighted by Crippen LogP contribution is -2.46. The fraction of sp³-hybridized carbons (Fsp3) is 0.115. The number of rotatable bonds is 5. The minimum atomic E-state index is -0.593. The van der Waals surface area contributed by atoms with Gasteiger partial charge in [0.1, 0.15) is 11.6 Å². The van der Waals surface area contributed by atoms with Gasteiger partial charge in [-0.1, -0.05) is 35.5 Å². The molecule has 0 saturated heterocycles. The van der Waals surface area contributed by atoms with Gasteiger partial charge >= 0.3 is 6.03 Å². The van der Waals surface area contributed by atoms with E-state index in [1.54, 1.807) is 36.9 Å². The van der Waals surface area contributed by atoms with E-state index >= 15 is 0 Å². The van der Waals surface area contributed by atoms with Crippen molar-refractivity contribution in [3.05, 3.63) is 102 Å². The minimum Gasteiger partial charge on any atom is -0.334 e. The monoisotopic (exact) mass is 490 g/mol. The Bertz CT molecular complexity index is 1440. The maximum Gasteiger partial charge on any atom is 0.327 e. The summed E-state index contributed by atoms with van der Waals surface area (Å²) in [7, 11) is 0. The molecule has 2 amide bonds. The molecule has 2 heterocycles. The van der Waals surface area contributed by atoms with E-state index in [9.17, 15) is 13.6 Å². The van der Waals surface area contributed by atoms with Crippen LogP contribution in [0.25, 0.3) is 17.0 Å². The smallest absolute Gasteiger partial charge is 0.327 e. The minimum absolute atomic E-state index is 0.169. The summed E-state index contributed by atoms with van der Waals surface area (Å²) in [5, 5.41) is 7.03. The molecule has 1 atom stereocenters. The first-order valence-electron chi connectivity index (χ1n) is 10.8. The van der Waals surface area contributed by atoms with E-state index in [1.807, 2.05) is 30.5 Å². The van der Waals surface area contributed by atoms with Gasteiger partial charge in [-0.25, -0.2) is 13.6 Å². The molecule has 0 aliphatic carbocycles. The Morgan fingerprint density at radius 1 is 1.00 bits per heavy atom. The van der Waals surface area contributed by atoms with Crippen molar-refractivity contribution in [1.82, 2.24) is 15.5 Å². The predicted octanol–water partition coefficient (Wildman–Crippen LogP) is 6.44. The number of amides is 2. The van der Waals surface area contributed by atoms with E-state index in [2.05, 4.69) is 15.5 Å². The van der Waals surface area contributed by atoms with Crippen molar-refractivity contribution in [3.8, 4) is 11.4 Å². The Morgan fingerprint density at radius 2 is 1.71 bits per heavy atom. The van der Waals surface area contributed by atoms with Crippen molar-refractivity contribution >= 4 is 29.1 Å². The van der Waals surface area contributed by atoms with E-state index in [4.69, 9.17) is 4.52 Å². The number of carbonyl (C=O) groups excluding carboxylic acids is 1. The second-order valence-corrected chi connectivity index (χ2v) is 8.78. The van der Waals surface area contributed by atoms with Gasteiger partial charge in [0.25, 0.3) is 5.89 Å². The van der Waals surface area contributed by atoms with Crippen LogP contribution in [0.1, 0.15) is 24.4 Å². The van der Waals surface area contributed by atoms with Crippen molar-refractivity contribution in [2.75, 3.05) is 11.2 Å². The fourth-order valence-corrected chi connectivity index (χ4v) is 4.48. The first-order valence-corrected chi connectivity index (χ1v) is 12.0. The Morgan fingerprint density at radius 3 is 2.40 bits per heavy atom. The summed E-state index contributed by atoms with van der Waals surface area (Å²) in [6.07, 6.45) is 1.98. The lowest BCUT2D eigenvalue weighted by molar-refractivity contribution is 0.244. The van der Waals surface area contributed by atoms with Crippen LogP contribution in [0.15, 0.2) is 87.9 Å². The second-order valence-electron chi connectivity index (χ2n) is 7.90. The molecular weight excluding hydrogens is 470 g/mol. The molecule has 1 unspecified atom stereocenters. The summed E-state index contributed by atoms with van der Waals surface area (Å²) in [5.41, 5.74) is 2.70. The zero-order chi connectivity index (χ0) is 24.5. The summed E-state index contributed by atoms with van der Waals surface area (Å²) >= 11 is 1.61. The molecule has 1 aliphatic heterocycles. The van der Waals surface area contributed by atoms with Gasteiger partial charge in [0, 0.05) is 16.2 Å². The molecule has 5 rings (SSSR count). The van der Waals surface area contributed by atoms with E-state index in [-0.39, 0.29) is 11.7 Å². The summed E-state index contributed by atoms with van der Waals surface area (Å²) in [5.74, 6) is -0.503. The number of nitrogens with zero attached hydrogens (tertiary/aromatic N) is 3. The SMILES string of the molecule is CSc1ccc(C2NC(=O)N(c3cccc(F)c3)C(C)=C2c2nc(-c3cccc(F)c3)no2)cc1. The van der Waals surface area contributed by atoms with Crippen molar-refractivity contribution in [1.29, 1.82) is 0 Å². The summed E-state index contributed by atoms with van der Waals surface area (Å²) in [4.78, 5) is 20.2. The van der Waals surface area contributed by atoms with Gasteiger partial charge in [-0.3, -0.25) is 4.90 Å². The molecule has 1 N–H and O–H groups in total. The number of hydrogen-bond donors (Lipinski definition) is 1. The van der Waals surface area contributed by atoms with Crippen molar-refractivity contribution in [2.24, 2.45) is 0 Å². The highest BCUT2D eigenvalue weighted by molar-refractivity contribution is 7.98. The Hall–Kier alpha value is -3.98. The number of thioether (sulfide) groups is 1. The first-order chi connectivity index (χ1) is 16.9. The number of allylic oxidation sites excluding steroid dienone is 1. The van der Waals surface area contributed by atoms with Gasteiger partial charge in [-0.15, -0.1) is 11.8 Å². The lowest BCUT2D eigenvalue weighted by atomic mass is 9.94. The number of carbonyl (C=O) groups is 1. The zero-order valence-corrected chi connectivity index (χ0v) is 19.6. The number of aromatic nitrogens is 2. The number of urea groups is 1. The normalized spacial score (nSPS) is 15.9. The van der Waals surface area contributed by atoms with Crippen molar-refractivity contribution in [2.45, 2.75) is 17.9 Å². The molecule has 0 fully saturated rings. The average molecular weight is 491 g/mol. The van der Waals surface area contributed by atoms with Crippen molar-refractivity contribution < 1.29 is 18.1 Å². The van der Waals surface area contributed by atoms with Gasteiger partial charge in [0.05, 0.1) is 17.3 Å². The zero-order valence-electron chi connectivity index (χ0n) is 18.8. The van der Waals surface area contributed by atoms with Gasteiger partial charge in [-0.05, 0) is 61.2 Å². The third-order valence-corrected chi connectivity index (χ3v) is 6.48. The molecule has 4 aromatic rings. The maximum atomic E-state index is 14.0. The van der Waals surface area contributed by atoms with Gasteiger partial charge < -0.3 is 9.84 Å². The van der Waals surface area contributed by atoms with Crippen molar-refractivity contribution in [3.63, 3.8) is 0 Å². The number of nitrogens with one attached hydrogen (secondary N) is 1. The van der Waals surface area contributed by atoms with Crippen LogP contribution in [0.5, 0.6) is 0 Å². The number of hydrogen-bond acceptors (Lipinski definition) is 5. The van der Waals surface area contributed by atoms with Crippen LogP contribution in [0, 0.1) is 11.6 Å². The molecule has 176 valence electrons. The Kier molecular flexibility index (Phi) is 6.08. The molecule has 9 heteroatoms. The number of benzene rings is 3. The van der Waals surface area contributed by atoms with E-state index in [0.29, 0.717) is 22.5 Å². The van der Waals surface area contributed by atoms with Gasteiger partial charge in [0.15, 0.2) is 0 Å². The second kappa shape index (κ2) is 9.34. The van der Waals surface area contributed by atoms with Crippen LogP contribution in [0.3, 0.4) is 0 Å². The van der Waals surface area contributed by atoms with Crippen LogP contribution in [0.4, 0.5) is 19.3 Å². The molecule has 1 aromatic heterocycles. The molecule has 0 spiro atoms. The summed E-state index contributed by atoms with van der Waals surface area (Å²) in [6, 6.07) is 18.4. The van der Waals surface area contributed by atoms with Crippen LogP contribution >= 0.6 is 11.8 Å². The average Bonchev–Trinajstić information content (AvgIpc) is 3.34. The quantitative estimate of drug-likeness (QED) is 0.326. The number of halogens is 2. The maximum absolute atomic E-state index is 14.0. The third-order valence-electron chi connectivity index (χ3n) is 5.74. The molecular formula is C26H20F2N4O2S. The summed E-state index contributed by atoms with van der Waals surface area (Å²) < 4.78 is 33.4. The Labute approximate surface area is 204 Å². The fourth-order valence-electron chi connectivity index (χ4n) is 4.07. The van der Waals surface area contributed by atoms with Crippen LogP contribution in [-0.2, 0) is 0 Å². The lowest BCUT2D eigenvalue weighted by Gasteiger charge is -2.35. The first kappa shape index (κ1) is 22.8. The van der Waals surface area contributed by atoms with Gasteiger partial charge in [-0.2, -0.15) is 4.98 Å². The standard InChI is InChI=1S/C26H20F2N4O2S/c1-15-22(25-30-24(31-34-25)17-5-3-6-18(27)13-17)23(16-9-11-21(35-2)12-10-16)29-26(33)32(15)20-8-4-7-19(28)14-20/h3-14,23H,1-2H3,(H,29,33). The largest absolute Gasteiger partial charge is 0.334 e. The molecule has 35 heavy (non-hydrogen) atoms. The topological polar surface area (TPSA) is 71.3 Å². The predicted molar refractivity (Wildman–Crippen MR) is 131 cm³/mol. The number of anilines is 1. The molecule has 0 radical (unpaired) electrons. The molecule has 1 aliphatic rings. The summed E-state index contributed by atoms with van der Waals surface area (Å²) in [6.45, 7) is 1.74. The van der Waals surface area contributed by atoms with E-state index < -0.39 is 23.7 Å².